The Balaban J connectivity index is 0.809. The minimum Gasteiger partial charge on any atom is -0.420 e. The number of aliphatic hydroxyl groups excluding tert-OH is 2. The minimum absolute atomic E-state index is 0.000931. The third kappa shape index (κ3) is 21.3. The van der Waals surface area contributed by atoms with Crippen LogP contribution in [0, 0.1) is 24.4 Å². The lowest BCUT2D eigenvalue weighted by Gasteiger charge is -2.27. The van der Waals surface area contributed by atoms with Gasteiger partial charge >= 0.3 is 19.7 Å². The number of aromatic nitrogens is 7. The number of anilines is 1. The van der Waals surface area contributed by atoms with Gasteiger partial charge in [-0.15, -0.1) is 5.10 Å². The number of carbonyl (C=O) groups excluding carboxylic acids is 1. The Labute approximate surface area is 464 Å². The second kappa shape index (κ2) is 32.7. The van der Waals surface area contributed by atoms with Crippen molar-refractivity contribution in [2.45, 2.75) is 63.8 Å². The highest BCUT2D eigenvalue weighted by atomic mass is 35.5. The van der Waals surface area contributed by atoms with Gasteiger partial charge in [0.05, 0.1) is 149 Å². The van der Waals surface area contributed by atoms with E-state index in [1.54, 1.807) is 23.9 Å². The smallest absolute Gasteiger partial charge is 0.416 e. The zero-order chi connectivity index (χ0) is 58.4. The number of carbonyl (C=O) groups is 1. The van der Waals surface area contributed by atoms with Crippen LogP contribution in [-0.2, 0) is 82.6 Å². The molecule has 25 nitrogen and oxygen atoms in total. The molecule has 1 aliphatic rings. The zero-order valence-corrected chi connectivity index (χ0v) is 45.3. The fraction of sp³-hybridized carbons (Fsp3) is 0.583. The van der Waals surface area contributed by atoms with E-state index in [2.05, 4.69) is 30.1 Å². The third-order valence-electron chi connectivity index (χ3n) is 11.6. The SMILES string of the molecule is Cc1cccc(C(F)(F)F)c1CN(CCOCCOCCOCCOCc1cn(CCOCCOCCOCCOCCC(=O)Oc2c(F)cc(F)cc2F)nn1)c1nc(Cl)nc2c1cnn2[C@@H]1O[C@H](COCP(=O)(O)O)[C@@H](O)[C@H]1O. The molecule has 0 aliphatic carbocycles. The summed E-state index contributed by atoms with van der Waals surface area (Å²) in [5.74, 6) is -5.63. The molecule has 1 fully saturated rings. The number of hydrogen-bond acceptors (Lipinski definition) is 21. The Hall–Kier alpha value is -5.06. The monoisotopic (exact) mass is 1200 g/mol. The Bertz CT molecular complexity index is 2760. The zero-order valence-electron chi connectivity index (χ0n) is 43.7. The highest BCUT2D eigenvalue weighted by Gasteiger charge is 2.45. The molecule has 1 saturated heterocycles. The van der Waals surface area contributed by atoms with Crippen molar-refractivity contribution < 1.29 is 108 Å². The lowest BCUT2D eigenvalue weighted by Crippen LogP contribution is -2.34. The maximum Gasteiger partial charge on any atom is 0.416 e. The topological polar surface area (TPSA) is 294 Å². The van der Waals surface area contributed by atoms with Gasteiger partial charge in [-0.25, -0.2) is 22.5 Å². The molecule has 0 saturated carbocycles. The normalized spacial score (nSPS) is 16.7. The maximum atomic E-state index is 14.3. The summed E-state index contributed by atoms with van der Waals surface area (Å²) in [7, 11) is -4.54. The summed E-state index contributed by atoms with van der Waals surface area (Å²) in [6, 6.07) is 4.65. The van der Waals surface area contributed by atoms with E-state index in [4.69, 9.17) is 68.8 Å². The van der Waals surface area contributed by atoms with Crippen LogP contribution in [-0.4, -0.2) is 198 Å². The summed E-state index contributed by atoms with van der Waals surface area (Å²) < 4.78 is 157. The molecule has 0 unspecified atom stereocenters. The number of hydrogen-bond donors (Lipinski definition) is 4. The van der Waals surface area contributed by atoms with E-state index in [1.807, 2.05) is 0 Å². The molecule has 3 aromatic heterocycles. The molecule has 2 aromatic carbocycles. The average molecular weight is 1200 g/mol. The number of alkyl halides is 3. The fourth-order valence-corrected chi connectivity index (χ4v) is 8.19. The van der Waals surface area contributed by atoms with Crippen molar-refractivity contribution in [1.29, 1.82) is 0 Å². The second-order valence-corrected chi connectivity index (χ2v) is 19.5. The van der Waals surface area contributed by atoms with E-state index >= 15 is 0 Å². The standard InChI is InChI=1S/C48H62ClF6N8O17P/c1-31-3-2-4-36(48(53,54)55)35(31)27-61(44-34-25-56-63(45(34)58-47(49)57-44)46-42(66)41(65)39(79-46)29-78-30-81(67,68)69)6-9-71-12-15-74-19-20-76-21-22-77-28-33-26-62(60-59-33)7-10-72-13-16-75-18-17-73-14-11-70-8-5-40(64)80-43-37(51)23-32(50)24-38(43)52/h2-4,23-26,39,41-42,46,65-66H,5-22,27-30H2,1H3,(H2,67,68,69)/t39-,41-,42-,46-/m1/s1. The van der Waals surface area contributed by atoms with Crippen molar-refractivity contribution in [3.63, 3.8) is 0 Å². The number of fused-ring (bicyclic) bond motifs is 1. The van der Waals surface area contributed by atoms with Crippen LogP contribution in [0.15, 0.2) is 42.7 Å². The first kappa shape index (κ1) is 65.1. The van der Waals surface area contributed by atoms with Crippen LogP contribution < -0.4 is 9.64 Å². The fourth-order valence-electron chi connectivity index (χ4n) is 7.69. The van der Waals surface area contributed by atoms with Crippen LogP contribution in [0.2, 0.25) is 5.28 Å². The molecule has 5 aromatic rings. The van der Waals surface area contributed by atoms with Crippen LogP contribution >= 0.6 is 19.2 Å². The third-order valence-corrected chi connectivity index (χ3v) is 12.2. The molecule has 4 N–H and O–H groups in total. The van der Waals surface area contributed by atoms with Gasteiger partial charge in [-0.1, -0.05) is 17.3 Å². The number of esters is 1. The van der Waals surface area contributed by atoms with Gasteiger partial charge in [-0.05, 0) is 35.7 Å². The predicted octanol–water partition coefficient (Wildman–Crippen LogP) is 3.92. The second-order valence-electron chi connectivity index (χ2n) is 17.6. The molecule has 4 atom stereocenters. The Morgan fingerprint density at radius 1 is 0.802 bits per heavy atom. The largest absolute Gasteiger partial charge is 0.420 e. The molecule has 81 heavy (non-hydrogen) atoms. The van der Waals surface area contributed by atoms with E-state index in [1.165, 1.54) is 17.2 Å². The van der Waals surface area contributed by atoms with E-state index in [0.29, 0.717) is 56.4 Å². The molecule has 450 valence electrons. The van der Waals surface area contributed by atoms with E-state index in [0.717, 1.165) is 10.7 Å². The summed E-state index contributed by atoms with van der Waals surface area (Å²) in [6.07, 6.45) is -8.69. The molecule has 4 heterocycles. The maximum absolute atomic E-state index is 14.3. The van der Waals surface area contributed by atoms with Crippen molar-refractivity contribution in [1.82, 2.24) is 34.7 Å². The van der Waals surface area contributed by atoms with Gasteiger partial charge in [-0.2, -0.15) is 28.2 Å². The number of aliphatic hydroxyl groups is 2. The van der Waals surface area contributed by atoms with Gasteiger partial charge in [0.15, 0.2) is 23.5 Å². The number of ether oxygens (including phenoxy) is 11. The quantitative estimate of drug-likeness (QED) is 0.0109. The number of aryl methyl sites for hydroxylation is 1. The van der Waals surface area contributed by atoms with Gasteiger partial charge in [0.2, 0.25) is 11.0 Å². The van der Waals surface area contributed by atoms with Crippen LogP contribution in [0.1, 0.15) is 35.0 Å². The summed E-state index contributed by atoms with van der Waals surface area (Å²) >= 11 is 6.40. The van der Waals surface area contributed by atoms with Crippen LogP contribution in [0.4, 0.5) is 32.2 Å². The first-order chi connectivity index (χ1) is 38.8. The van der Waals surface area contributed by atoms with Crippen molar-refractivity contribution >= 4 is 42.0 Å². The number of rotatable bonds is 38. The summed E-state index contributed by atoms with van der Waals surface area (Å²) in [5.41, 5.74) is 0.0796. The van der Waals surface area contributed by atoms with Crippen LogP contribution in [0.25, 0.3) is 11.0 Å². The van der Waals surface area contributed by atoms with Gasteiger partial charge in [0.1, 0.15) is 42.0 Å². The summed E-state index contributed by atoms with van der Waals surface area (Å²) in [4.78, 5) is 40.1. The van der Waals surface area contributed by atoms with Crippen molar-refractivity contribution in [3.8, 4) is 5.75 Å². The van der Waals surface area contributed by atoms with Gasteiger partial charge < -0.3 is 77.0 Å². The highest BCUT2D eigenvalue weighted by molar-refractivity contribution is 7.51. The first-order valence-electron chi connectivity index (χ1n) is 25.1. The molecule has 33 heteroatoms. The number of benzene rings is 2. The van der Waals surface area contributed by atoms with Crippen LogP contribution in [0.5, 0.6) is 5.75 Å². The summed E-state index contributed by atoms with van der Waals surface area (Å²) in [6.45, 7) is 4.66. The predicted molar refractivity (Wildman–Crippen MR) is 268 cm³/mol. The van der Waals surface area contributed by atoms with E-state index in [9.17, 15) is 45.9 Å². The van der Waals surface area contributed by atoms with Crippen molar-refractivity contribution in [3.05, 3.63) is 87.8 Å². The Morgan fingerprint density at radius 3 is 2.01 bits per heavy atom. The van der Waals surface area contributed by atoms with E-state index < -0.39 is 86.0 Å². The average Bonchev–Trinajstić information content (AvgIpc) is 4.33. The van der Waals surface area contributed by atoms with E-state index in [-0.39, 0.29) is 126 Å². The molecule has 1 aliphatic heterocycles. The molecule has 0 amide bonds. The highest BCUT2D eigenvalue weighted by Crippen LogP contribution is 2.38. The lowest BCUT2D eigenvalue weighted by molar-refractivity contribution is -0.138. The minimum atomic E-state index is -4.69. The Morgan fingerprint density at radius 2 is 1.40 bits per heavy atom. The molecule has 6 rings (SSSR count). The molecular weight excluding hydrogens is 1140 g/mol. The van der Waals surface area contributed by atoms with Gasteiger partial charge in [0, 0.05) is 25.2 Å². The van der Waals surface area contributed by atoms with Crippen molar-refractivity contribution in [2.75, 3.05) is 124 Å². The van der Waals surface area contributed by atoms with Gasteiger partial charge in [-0.3, -0.25) is 9.36 Å². The Kier molecular flexibility index (Phi) is 26.3. The number of halogens is 7. The van der Waals surface area contributed by atoms with Gasteiger partial charge in [0.25, 0.3) is 0 Å². The lowest BCUT2D eigenvalue weighted by atomic mass is 10.0. The first-order valence-corrected chi connectivity index (χ1v) is 27.3. The molecular formula is C48H62ClF6N8O17P. The molecule has 0 spiro atoms. The molecule has 0 radical (unpaired) electrons. The van der Waals surface area contributed by atoms with Crippen LogP contribution in [0.3, 0.4) is 0 Å². The summed E-state index contributed by atoms with van der Waals surface area (Å²) in [5, 5.41) is 33.9. The number of nitrogens with zero attached hydrogens (tertiary/aromatic N) is 8. The molecule has 0 bridgehead atoms. The van der Waals surface area contributed by atoms with Crippen molar-refractivity contribution in [2.24, 2.45) is 0 Å².